The number of hydrogen-bond donors (Lipinski definition) is 1. The molecule has 2 heterocycles. The quantitative estimate of drug-likeness (QED) is 0.847. The maximum absolute atomic E-state index is 5.84. The van der Waals surface area contributed by atoms with E-state index >= 15 is 0 Å². The Morgan fingerprint density at radius 3 is 2.72 bits per heavy atom. The fourth-order valence-corrected chi connectivity index (χ4v) is 2.03. The van der Waals surface area contributed by atoms with Crippen LogP contribution in [0.5, 0.6) is 5.88 Å². The van der Waals surface area contributed by atoms with Gasteiger partial charge < -0.3 is 15.0 Å². The molecule has 0 bridgehead atoms. The average Bonchev–Trinajstić information content (AvgIpc) is 2.41. The summed E-state index contributed by atoms with van der Waals surface area (Å²) < 4.78 is 5.84. The minimum Gasteiger partial charge on any atom is -0.473 e. The van der Waals surface area contributed by atoms with Crippen molar-refractivity contribution < 1.29 is 4.74 Å². The maximum Gasteiger partial charge on any atom is 0.233 e. The highest BCUT2D eigenvalue weighted by Crippen LogP contribution is 2.15. The number of nitrogens with one attached hydrogen (secondary N) is 1. The molecule has 1 aliphatic rings. The Hall–Kier alpha value is -1.20. The molecule has 1 aromatic heterocycles. The predicted molar refractivity (Wildman–Crippen MR) is 70.6 cm³/mol. The highest BCUT2D eigenvalue weighted by atomic mass is 16.5. The highest BCUT2D eigenvalue weighted by molar-refractivity contribution is 5.11. The van der Waals surface area contributed by atoms with Gasteiger partial charge in [0.05, 0.1) is 5.69 Å². The van der Waals surface area contributed by atoms with Gasteiger partial charge in [-0.05, 0) is 32.5 Å². The minimum atomic E-state index is 0.287. The lowest BCUT2D eigenvalue weighted by molar-refractivity contribution is 0.109. The van der Waals surface area contributed by atoms with Gasteiger partial charge in [0.1, 0.15) is 6.10 Å². The summed E-state index contributed by atoms with van der Waals surface area (Å²) in [7, 11) is 2.14. The van der Waals surface area contributed by atoms with Crippen molar-refractivity contribution in [3.8, 4) is 5.88 Å². The van der Waals surface area contributed by atoms with Gasteiger partial charge in [-0.3, -0.25) is 0 Å². The Labute approximate surface area is 109 Å². The molecule has 0 spiro atoms. The van der Waals surface area contributed by atoms with Crippen molar-refractivity contribution in [3.05, 3.63) is 17.8 Å². The summed E-state index contributed by atoms with van der Waals surface area (Å²) >= 11 is 0. The van der Waals surface area contributed by atoms with E-state index in [1.807, 2.05) is 12.1 Å². The largest absolute Gasteiger partial charge is 0.473 e. The summed E-state index contributed by atoms with van der Waals surface area (Å²) in [5.74, 6) is 0.643. The van der Waals surface area contributed by atoms with E-state index in [-0.39, 0.29) is 6.10 Å². The lowest BCUT2D eigenvalue weighted by Gasteiger charge is -2.28. The van der Waals surface area contributed by atoms with Crippen LogP contribution in [0.25, 0.3) is 0 Å². The fraction of sp³-hybridized carbons (Fsp3) is 0.692. The molecule has 1 aliphatic heterocycles. The van der Waals surface area contributed by atoms with Crippen molar-refractivity contribution in [1.29, 1.82) is 0 Å². The van der Waals surface area contributed by atoms with Crippen LogP contribution in [0.15, 0.2) is 12.1 Å². The number of aromatic nitrogens is 2. The van der Waals surface area contributed by atoms with Crippen LogP contribution < -0.4 is 10.1 Å². The number of nitrogens with zero attached hydrogens (tertiary/aromatic N) is 3. The third kappa shape index (κ3) is 3.92. The lowest BCUT2D eigenvalue weighted by Crippen LogP contribution is -2.35. The van der Waals surface area contributed by atoms with E-state index in [2.05, 4.69) is 34.4 Å². The first kappa shape index (κ1) is 13.2. The molecule has 0 radical (unpaired) electrons. The van der Waals surface area contributed by atoms with Crippen molar-refractivity contribution in [2.75, 3.05) is 26.7 Å². The molecule has 100 valence electrons. The summed E-state index contributed by atoms with van der Waals surface area (Å²) in [5, 5.41) is 11.5. The zero-order valence-electron chi connectivity index (χ0n) is 11.2. The van der Waals surface area contributed by atoms with Crippen LogP contribution >= 0.6 is 0 Å². The first-order valence-corrected chi connectivity index (χ1v) is 6.66. The van der Waals surface area contributed by atoms with Gasteiger partial charge in [-0.2, -0.15) is 5.10 Å². The van der Waals surface area contributed by atoms with Gasteiger partial charge in [-0.1, -0.05) is 6.92 Å². The average molecular weight is 250 g/mol. The summed E-state index contributed by atoms with van der Waals surface area (Å²) in [4.78, 5) is 2.32. The van der Waals surface area contributed by atoms with Crippen molar-refractivity contribution in [3.63, 3.8) is 0 Å². The predicted octanol–water partition coefficient (Wildman–Crippen LogP) is 1.06. The van der Waals surface area contributed by atoms with Crippen molar-refractivity contribution in [2.24, 2.45) is 0 Å². The van der Waals surface area contributed by atoms with Crippen LogP contribution in [0.4, 0.5) is 0 Å². The van der Waals surface area contributed by atoms with Gasteiger partial charge >= 0.3 is 0 Å². The van der Waals surface area contributed by atoms with Gasteiger partial charge in [-0.15, -0.1) is 5.10 Å². The Morgan fingerprint density at radius 2 is 2.11 bits per heavy atom. The third-order valence-electron chi connectivity index (χ3n) is 3.20. The highest BCUT2D eigenvalue weighted by Gasteiger charge is 2.18. The zero-order chi connectivity index (χ0) is 12.8. The van der Waals surface area contributed by atoms with Gasteiger partial charge in [0, 0.05) is 25.7 Å². The van der Waals surface area contributed by atoms with E-state index in [4.69, 9.17) is 4.74 Å². The second-order valence-electron chi connectivity index (χ2n) is 4.76. The molecule has 0 atom stereocenters. The number of rotatable bonds is 5. The van der Waals surface area contributed by atoms with E-state index < -0.39 is 0 Å². The molecule has 0 unspecified atom stereocenters. The minimum absolute atomic E-state index is 0.287. The zero-order valence-corrected chi connectivity index (χ0v) is 11.2. The number of hydrogen-bond acceptors (Lipinski definition) is 5. The van der Waals surface area contributed by atoms with Crippen LogP contribution in [-0.4, -0.2) is 47.9 Å². The topological polar surface area (TPSA) is 50.3 Å². The summed E-state index contributed by atoms with van der Waals surface area (Å²) in [6.07, 6.45) is 2.42. The SMILES string of the molecule is CCNCc1ccc(OC2CCN(C)CC2)nn1. The van der Waals surface area contributed by atoms with E-state index in [1.54, 1.807) is 0 Å². The van der Waals surface area contributed by atoms with Crippen LogP contribution in [0.3, 0.4) is 0 Å². The van der Waals surface area contributed by atoms with E-state index in [0.717, 1.165) is 44.7 Å². The van der Waals surface area contributed by atoms with Crippen LogP contribution in [0.1, 0.15) is 25.5 Å². The molecule has 1 N–H and O–H groups in total. The number of likely N-dealkylation sites (tertiary alicyclic amines) is 1. The number of ether oxygens (including phenoxy) is 1. The van der Waals surface area contributed by atoms with E-state index in [0.29, 0.717) is 5.88 Å². The van der Waals surface area contributed by atoms with Gasteiger partial charge in [-0.25, -0.2) is 0 Å². The lowest BCUT2D eigenvalue weighted by atomic mass is 10.1. The van der Waals surface area contributed by atoms with Crippen molar-refractivity contribution >= 4 is 0 Å². The molecule has 0 aromatic carbocycles. The summed E-state index contributed by atoms with van der Waals surface area (Å²) in [5.41, 5.74) is 0.951. The smallest absolute Gasteiger partial charge is 0.233 e. The Balaban J connectivity index is 1.82. The molecule has 18 heavy (non-hydrogen) atoms. The second kappa shape index (κ2) is 6.66. The second-order valence-corrected chi connectivity index (χ2v) is 4.76. The van der Waals surface area contributed by atoms with Crippen molar-refractivity contribution in [2.45, 2.75) is 32.4 Å². The molecular weight excluding hydrogens is 228 g/mol. The monoisotopic (exact) mass is 250 g/mol. The molecule has 0 aliphatic carbocycles. The van der Waals surface area contributed by atoms with Gasteiger partial charge in [0.2, 0.25) is 5.88 Å². The molecular formula is C13H22N4O. The molecule has 0 saturated carbocycles. The van der Waals surface area contributed by atoms with Crippen molar-refractivity contribution in [1.82, 2.24) is 20.4 Å². The normalized spacial score (nSPS) is 17.9. The standard InChI is InChI=1S/C13H22N4O/c1-3-14-10-11-4-5-13(16-15-11)18-12-6-8-17(2)9-7-12/h4-5,12,14H,3,6-10H2,1-2H3. The van der Waals surface area contributed by atoms with Crippen LogP contribution in [0.2, 0.25) is 0 Å². The maximum atomic E-state index is 5.84. The fourth-order valence-electron chi connectivity index (χ4n) is 2.03. The molecule has 5 nitrogen and oxygen atoms in total. The van der Waals surface area contributed by atoms with E-state index in [9.17, 15) is 0 Å². The van der Waals surface area contributed by atoms with Gasteiger partial charge in [0.15, 0.2) is 0 Å². The summed E-state index contributed by atoms with van der Waals surface area (Å²) in [6, 6.07) is 3.89. The first-order chi connectivity index (χ1) is 8.78. The van der Waals surface area contributed by atoms with Gasteiger partial charge in [0.25, 0.3) is 0 Å². The molecule has 2 rings (SSSR count). The number of piperidine rings is 1. The molecule has 1 fully saturated rings. The molecule has 1 aromatic rings. The Morgan fingerprint density at radius 1 is 1.33 bits per heavy atom. The molecule has 5 heteroatoms. The third-order valence-corrected chi connectivity index (χ3v) is 3.20. The first-order valence-electron chi connectivity index (χ1n) is 6.66. The Kier molecular flexibility index (Phi) is 4.90. The summed E-state index contributed by atoms with van der Waals surface area (Å²) in [6.45, 7) is 5.96. The molecule has 0 amide bonds. The molecule has 1 saturated heterocycles. The Bertz CT molecular complexity index is 347. The van der Waals surface area contributed by atoms with E-state index in [1.165, 1.54) is 0 Å². The van der Waals surface area contributed by atoms with Crippen LogP contribution in [-0.2, 0) is 6.54 Å². The van der Waals surface area contributed by atoms with Crippen LogP contribution in [0, 0.1) is 0 Å².